The van der Waals surface area contributed by atoms with Gasteiger partial charge < -0.3 is 80.0 Å². The quantitative estimate of drug-likeness (QED) is 0.104. The Kier molecular flexibility index (Phi) is 10.9. The second-order valence-electron chi connectivity index (χ2n) is 12.0. The lowest BCUT2D eigenvalue weighted by Gasteiger charge is -2.45. The van der Waals surface area contributed by atoms with Gasteiger partial charge in [-0.15, -0.1) is 0 Å². The van der Waals surface area contributed by atoms with Crippen LogP contribution >= 0.6 is 0 Å². The predicted octanol–water partition coefficient (Wildman–Crippen LogP) is -3.87. The molecule has 21 nitrogen and oxygen atoms in total. The van der Waals surface area contributed by atoms with Gasteiger partial charge in [-0.1, -0.05) is 0 Å². The van der Waals surface area contributed by atoms with E-state index in [0.29, 0.717) is 0 Å². The zero-order valence-corrected chi connectivity index (χ0v) is 26.0. The molecule has 0 unspecified atom stereocenters. The number of carboxylic acid groups (broad SMARTS) is 4. The van der Waals surface area contributed by atoms with Gasteiger partial charge in [0.25, 0.3) is 0 Å². The van der Waals surface area contributed by atoms with Gasteiger partial charge in [-0.25, -0.2) is 19.2 Å². The number of nitrogens with zero attached hydrogens (tertiary/aromatic N) is 2. The van der Waals surface area contributed by atoms with E-state index in [1.54, 1.807) is 0 Å². The van der Waals surface area contributed by atoms with Crippen molar-refractivity contribution in [3.63, 3.8) is 0 Å². The van der Waals surface area contributed by atoms with Crippen LogP contribution in [0.15, 0.2) is 41.1 Å². The monoisotopic (exact) mass is 726 g/mol. The average Bonchev–Trinajstić information content (AvgIpc) is 3.43. The lowest BCUT2D eigenvalue weighted by atomic mass is 9.97. The largest absolute Gasteiger partial charge is 0.504 e. The molecule has 4 heterocycles. The summed E-state index contributed by atoms with van der Waals surface area (Å²) in [6, 6.07) is -0.352. The molecule has 0 amide bonds. The molecule has 0 aromatic heterocycles. The molecule has 278 valence electrons. The fourth-order valence-corrected chi connectivity index (χ4v) is 5.96. The molecule has 0 bridgehead atoms. The molecule has 4 aliphatic rings. The number of carbonyl (C=O) groups is 4. The fourth-order valence-electron chi connectivity index (χ4n) is 5.96. The average molecular weight is 727 g/mol. The summed E-state index contributed by atoms with van der Waals surface area (Å²) in [6.45, 7) is -0.861. The van der Waals surface area contributed by atoms with Crippen LogP contribution in [-0.4, -0.2) is 166 Å². The zero-order valence-electron chi connectivity index (χ0n) is 26.0. The number of hydrogen-bond donors (Lipinski definition) is 11. The fraction of sp³-hybridized carbons (Fsp3) is 0.500. The third kappa shape index (κ3) is 7.51. The summed E-state index contributed by atoms with van der Waals surface area (Å²) in [7, 11) is 0. The maximum Gasteiger partial charge on any atom is 0.354 e. The number of benzene rings is 1. The van der Waals surface area contributed by atoms with Crippen LogP contribution in [0.2, 0.25) is 0 Å². The summed E-state index contributed by atoms with van der Waals surface area (Å²) in [5, 5.41) is 111. The van der Waals surface area contributed by atoms with Gasteiger partial charge in [0.1, 0.15) is 48.4 Å². The second-order valence-corrected chi connectivity index (χ2v) is 12.0. The van der Waals surface area contributed by atoms with E-state index in [2.05, 4.69) is 4.99 Å². The minimum Gasteiger partial charge on any atom is -0.504 e. The molecule has 2 saturated heterocycles. The number of carboxylic acids is 4. The van der Waals surface area contributed by atoms with E-state index in [0.717, 1.165) is 12.1 Å². The van der Waals surface area contributed by atoms with Gasteiger partial charge in [0, 0.05) is 30.8 Å². The van der Waals surface area contributed by atoms with Gasteiger partial charge in [-0.2, -0.15) is 0 Å². The number of phenolic OH excluding ortho intramolecular Hbond substituents is 1. The molecule has 11 N–H and O–H groups in total. The number of ether oxygens (including phenoxy) is 4. The van der Waals surface area contributed by atoms with Crippen LogP contribution in [0.5, 0.6) is 11.5 Å². The zero-order chi connectivity index (χ0) is 37.5. The van der Waals surface area contributed by atoms with Crippen molar-refractivity contribution in [1.82, 2.24) is 0 Å². The molecule has 0 spiro atoms. The first kappa shape index (κ1) is 37.5. The number of aliphatic carboxylic acids is 4. The highest BCUT2D eigenvalue weighted by molar-refractivity contribution is 6.41. The van der Waals surface area contributed by atoms with E-state index in [1.165, 1.54) is 23.2 Å². The van der Waals surface area contributed by atoms with E-state index in [-0.39, 0.29) is 29.7 Å². The number of phenols is 1. The van der Waals surface area contributed by atoms with Crippen LogP contribution in [0.3, 0.4) is 0 Å². The minimum absolute atomic E-state index is 0.147. The normalized spacial score (nSPS) is 35.1. The molecule has 21 heteroatoms. The first-order valence-corrected chi connectivity index (χ1v) is 15.2. The number of aliphatic hydroxyl groups excluding tert-OH is 6. The van der Waals surface area contributed by atoms with Crippen molar-refractivity contribution >= 4 is 35.3 Å². The maximum absolute atomic E-state index is 12.2. The Morgan fingerprint density at radius 2 is 1.57 bits per heavy atom. The number of aromatic hydroxyl groups is 1. The van der Waals surface area contributed by atoms with Crippen LogP contribution in [0, 0.1) is 0 Å². The van der Waals surface area contributed by atoms with Crippen LogP contribution in [-0.2, 0) is 39.8 Å². The first-order chi connectivity index (χ1) is 24.0. The smallest absolute Gasteiger partial charge is 0.354 e. The van der Waals surface area contributed by atoms with E-state index in [9.17, 15) is 75.3 Å². The highest BCUT2D eigenvalue weighted by Crippen LogP contribution is 2.42. The molecule has 5 rings (SSSR count). The van der Waals surface area contributed by atoms with E-state index in [1.807, 2.05) is 0 Å². The molecular formula is C30H34N2O19. The van der Waals surface area contributed by atoms with Crippen molar-refractivity contribution in [2.24, 2.45) is 4.99 Å². The molecule has 12 atom stereocenters. The molecule has 0 aliphatic carbocycles. The van der Waals surface area contributed by atoms with Gasteiger partial charge in [0.2, 0.25) is 6.29 Å². The van der Waals surface area contributed by atoms with Crippen molar-refractivity contribution in [2.45, 2.75) is 86.3 Å². The molecular weight excluding hydrogens is 692 g/mol. The van der Waals surface area contributed by atoms with Gasteiger partial charge in [0.15, 0.2) is 36.0 Å². The van der Waals surface area contributed by atoms with Crippen LogP contribution in [0.1, 0.15) is 12.0 Å². The van der Waals surface area contributed by atoms with Crippen molar-refractivity contribution in [1.29, 1.82) is 0 Å². The van der Waals surface area contributed by atoms with Crippen molar-refractivity contribution in [2.75, 3.05) is 11.5 Å². The lowest BCUT2D eigenvalue weighted by molar-refractivity contribution is -0.353. The number of aliphatic imine (C=N–C) groups is 1. The third-order valence-corrected chi connectivity index (χ3v) is 8.64. The first-order valence-electron chi connectivity index (χ1n) is 15.2. The Morgan fingerprint density at radius 3 is 2.18 bits per heavy atom. The van der Waals surface area contributed by atoms with E-state index >= 15 is 0 Å². The third-order valence-electron chi connectivity index (χ3n) is 8.64. The topological polar surface area (TPSA) is 343 Å². The standard InChI is InChI=1S/C30H34N2O19/c33-8-17-18(35)20(37)24(51-29-22(39)19(36)21(38)23(50-29)28(46)47)30(49-17)48-16-6-10-5-14(27(44)45)32(13(10)7-15(16)34)2-1-9-3-11(25(40)41)31-12(4-9)26(42)43/h1-3,6-7,12,14,17-24,29-30,33-39H,4-5,8H2,(H,40,41)(H,42,43)(H,44,45)(H,46,47)/t12-,14+,17-,18-,19+,20+,21+,22-,23+,24-,29+,30-/m1/s1. The highest BCUT2D eigenvalue weighted by Gasteiger charge is 2.53. The van der Waals surface area contributed by atoms with Gasteiger partial charge in [-0.3, -0.25) is 4.99 Å². The number of rotatable bonds is 11. The van der Waals surface area contributed by atoms with Crippen LogP contribution < -0.4 is 9.64 Å². The predicted molar refractivity (Wildman–Crippen MR) is 162 cm³/mol. The molecule has 1 aromatic carbocycles. The Morgan fingerprint density at radius 1 is 0.863 bits per heavy atom. The second kappa shape index (κ2) is 14.9. The maximum atomic E-state index is 12.2. The lowest BCUT2D eigenvalue weighted by Crippen LogP contribution is -2.65. The molecule has 2 fully saturated rings. The summed E-state index contributed by atoms with van der Waals surface area (Å²) in [4.78, 5) is 51.7. The summed E-state index contributed by atoms with van der Waals surface area (Å²) in [5.41, 5.74) is 0.111. The summed E-state index contributed by atoms with van der Waals surface area (Å²) in [5.74, 6) is -6.91. The molecule has 4 aliphatic heterocycles. The number of fused-ring (bicyclic) bond motifs is 1. The Balaban J connectivity index is 1.43. The van der Waals surface area contributed by atoms with Crippen molar-refractivity contribution in [3.8, 4) is 11.5 Å². The number of hydrogen-bond acceptors (Lipinski definition) is 17. The van der Waals surface area contributed by atoms with Crippen LogP contribution in [0.25, 0.3) is 0 Å². The summed E-state index contributed by atoms with van der Waals surface area (Å²) >= 11 is 0. The van der Waals surface area contributed by atoms with Crippen molar-refractivity contribution < 1.29 is 94.3 Å². The minimum atomic E-state index is -2.10. The number of aliphatic hydroxyl groups is 6. The Labute approximate surface area is 285 Å². The Hall–Kier alpha value is -4.71. The number of anilines is 1. The summed E-state index contributed by atoms with van der Waals surface area (Å²) in [6.07, 6.45) is -16.1. The summed E-state index contributed by atoms with van der Waals surface area (Å²) < 4.78 is 21.9. The van der Waals surface area contributed by atoms with Crippen molar-refractivity contribution in [3.05, 3.63) is 41.6 Å². The van der Waals surface area contributed by atoms with Gasteiger partial charge in [0.05, 0.1) is 6.61 Å². The van der Waals surface area contributed by atoms with Gasteiger partial charge in [-0.05, 0) is 29.4 Å². The number of allylic oxidation sites excluding steroid dienone is 1. The van der Waals surface area contributed by atoms with Crippen LogP contribution in [0.4, 0.5) is 5.69 Å². The SMILES string of the molecule is O=C(O)C1=N[C@@H](C(=O)O)CC(C=CN2c3cc(O)c(O[C@@H]4O[C@H](CO)[C@@H](O)[C@H](O)[C@H]4O[C@@H]4O[C@H](C(=O)O)[C@@H](O)[C@H](O)[C@H]4O)cc3C[C@H]2C(=O)O)=C1. The molecule has 1 aromatic rings. The van der Waals surface area contributed by atoms with Gasteiger partial charge >= 0.3 is 23.9 Å². The number of dihydropyridines is 1. The van der Waals surface area contributed by atoms with E-state index < -0.39 is 121 Å². The Bertz CT molecular complexity index is 1640. The molecule has 0 saturated carbocycles. The molecule has 51 heavy (non-hydrogen) atoms. The van der Waals surface area contributed by atoms with E-state index in [4.69, 9.17) is 18.9 Å². The molecule has 0 radical (unpaired) electrons. The highest BCUT2D eigenvalue weighted by atomic mass is 16.8.